The van der Waals surface area contributed by atoms with Gasteiger partial charge in [-0.2, -0.15) is 11.3 Å². The third kappa shape index (κ3) is 5.70. The Kier molecular flexibility index (Phi) is 7.36. The van der Waals surface area contributed by atoms with Crippen molar-refractivity contribution >= 4 is 17.2 Å². The monoisotopic (exact) mass is 352 g/mol. The van der Waals surface area contributed by atoms with E-state index in [-0.39, 0.29) is 11.9 Å². The second-order valence-electron chi connectivity index (χ2n) is 5.38. The van der Waals surface area contributed by atoms with Crippen LogP contribution >= 0.6 is 11.3 Å². The molecule has 8 heteroatoms. The van der Waals surface area contributed by atoms with Crippen molar-refractivity contribution in [2.45, 2.75) is 46.1 Å². The molecule has 0 aromatic carbocycles. The van der Waals surface area contributed by atoms with Crippen molar-refractivity contribution in [2.24, 2.45) is 0 Å². The fourth-order valence-corrected chi connectivity index (χ4v) is 2.96. The summed E-state index contributed by atoms with van der Waals surface area (Å²) in [5.41, 5.74) is 1.51. The van der Waals surface area contributed by atoms with E-state index in [1.54, 1.807) is 22.2 Å². The molecule has 0 aliphatic carbocycles. The third-order valence-electron chi connectivity index (χ3n) is 3.31. The molecule has 0 bridgehead atoms. The highest BCUT2D eigenvalue weighted by Gasteiger charge is 2.16. The summed E-state index contributed by atoms with van der Waals surface area (Å²) in [5, 5.41) is 15.0. The number of carbonyl (C=O) groups excluding carboxylic acids is 1. The molecule has 0 saturated carbocycles. The van der Waals surface area contributed by atoms with E-state index in [9.17, 15) is 4.79 Å². The first-order valence-electron chi connectivity index (χ1n) is 8.07. The topological polar surface area (TPSA) is 78.3 Å². The number of carbonyl (C=O) groups is 1. The highest BCUT2D eigenvalue weighted by molar-refractivity contribution is 7.07. The van der Waals surface area contributed by atoms with Gasteiger partial charge in [-0.25, -0.2) is 4.68 Å². The van der Waals surface area contributed by atoms with Gasteiger partial charge in [0.2, 0.25) is 0 Å². The van der Waals surface area contributed by atoms with Gasteiger partial charge in [0.15, 0.2) is 12.0 Å². The molecule has 132 valence electrons. The van der Waals surface area contributed by atoms with Gasteiger partial charge in [0.1, 0.15) is 0 Å². The van der Waals surface area contributed by atoms with Gasteiger partial charge in [0.25, 0.3) is 5.91 Å². The van der Waals surface area contributed by atoms with Crippen LogP contribution in [0.2, 0.25) is 0 Å². The maximum absolute atomic E-state index is 12.2. The number of hydrogen-bond donors (Lipinski definition) is 1. The Morgan fingerprint density at radius 2 is 2.12 bits per heavy atom. The lowest BCUT2D eigenvalue weighted by Crippen LogP contribution is -2.34. The van der Waals surface area contributed by atoms with Crippen LogP contribution < -0.4 is 5.32 Å². The lowest BCUT2D eigenvalue weighted by Gasteiger charge is -2.16. The number of hydrogen-bond acceptors (Lipinski definition) is 6. The SMILES string of the molecule is CCOC(Cn1cc(C(=O)NC(C)Cc2ccsc2)nn1)OCC. The molecule has 2 aromatic rings. The van der Waals surface area contributed by atoms with Gasteiger partial charge < -0.3 is 14.8 Å². The zero-order chi connectivity index (χ0) is 17.4. The summed E-state index contributed by atoms with van der Waals surface area (Å²) >= 11 is 1.65. The Morgan fingerprint density at radius 1 is 1.38 bits per heavy atom. The number of nitrogens with zero attached hydrogens (tertiary/aromatic N) is 3. The zero-order valence-corrected chi connectivity index (χ0v) is 15.1. The van der Waals surface area contributed by atoms with Crippen molar-refractivity contribution in [1.82, 2.24) is 20.3 Å². The van der Waals surface area contributed by atoms with Crippen molar-refractivity contribution < 1.29 is 14.3 Å². The Labute approximate surface area is 146 Å². The maximum atomic E-state index is 12.2. The van der Waals surface area contributed by atoms with Crippen LogP contribution in [0.3, 0.4) is 0 Å². The molecule has 0 fully saturated rings. The normalized spacial score (nSPS) is 12.5. The second kappa shape index (κ2) is 9.51. The molecule has 7 nitrogen and oxygen atoms in total. The van der Waals surface area contributed by atoms with E-state index in [2.05, 4.69) is 27.1 Å². The number of rotatable bonds is 10. The summed E-state index contributed by atoms with van der Waals surface area (Å²) in [4.78, 5) is 12.2. The van der Waals surface area contributed by atoms with Crippen molar-refractivity contribution in [3.8, 4) is 0 Å². The Bertz CT molecular complexity index is 609. The number of thiophene rings is 1. The Hall–Kier alpha value is -1.77. The highest BCUT2D eigenvalue weighted by atomic mass is 32.1. The number of amides is 1. The molecule has 0 spiro atoms. The fraction of sp³-hybridized carbons (Fsp3) is 0.562. The predicted octanol–water partition coefficient (Wildman–Crippen LogP) is 2.10. The molecule has 0 saturated heterocycles. The minimum absolute atomic E-state index is 0.0249. The van der Waals surface area contributed by atoms with E-state index in [0.29, 0.717) is 25.5 Å². The molecular formula is C16H24N4O3S. The molecule has 1 amide bonds. The fourth-order valence-electron chi connectivity index (χ4n) is 2.28. The van der Waals surface area contributed by atoms with E-state index in [4.69, 9.17) is 9.47 Å². The lowest BCUT2D eigenvalue weighted by molar-refractivity contribution is -0.145. The first kappa shape index (κ1) is 18.6. The van der Waals surface area contributed by atoms with Crippen LogP contribution in [0.4, 0.5) is 0 Å². The summed E-state index contributed by atoms with van der Waals surface area (Å²) in [6, 6.07) is 2.09. The van der Waals surface area contributed by atoms with Crippen LogP contribution in [0.5, 0.6) is 0 Å². The van der Waals surface area contributed by atoms with E-state index in [0.717, 1.165) is 6.42 Å². The first-order chi connectivity index (χ1) is 11.6. The van der Waals surface area contributed by atoms with Crippen molar-refractivity contribution in [3.05, 3.63) is 34.3 Å². The van der Waals surface area contributed by atoms with Crippen LogP contribution in [0.15, 0.2) is 23.0 Å². The van der Waals surface area contributed by atoms with E-state index < -0.39 is 6.29 Å². The molecule has 2 heterocycles. The smallest absolute Gasteiger partial charge is 0.273 e. The van der Waals surface area contributed by atoms with Gasteiger partial charge >= 0.3 is 0 Å². The van der Waals surface area contributed by atoms with Gasteiger partial charge in [-0.05, 0) is 49.6 Å². The van der Waals surface area contributed by atoms with Crippen molar-refractivity contribution in [1.29, 1.82) is 0 Å². The zero-order valence-electron chi connectivity index (χ0n) is 14.3. The molecule has 0 radical (unpaired) electrons. The molecule has 0 aliphatic rings. The molecular weight excluding hydrogens is 328 g/mol. The van der Waals surface area contributed by atoms with Crippen LogP contribution in [0.1, 0.15) is 36.8 Å². The number of ether oxygens (including phenoxy) is 2. The largest absolute Gasteiger partial charge is 0.351 e. The van der Waals surface area contributed by atoms with E-state index >= 15 is 0 Å². The average Bonchev–Trinajstić information content (AvgIpc) is 3.19. The quantitative estimate of drug-likeness (QED) is 0.663. The van der Waals surface area contributed by atoms with E-state index in [1.165, 1.54) is 5.56 Å². The molecule has 2 aromatic heterocycles. The minimum atomic E-state index is -0.393. The standard InChI is InChI=1S/C16H24N4O3S/c1-4-22-15(23-5-2)10-20-9-14(18-19-20)16(21)17-12(3)8-13-6-7-24-11-13/h6-7,9,11-12,15H,4-5,8,10H2,1-3H3,(H,17,21). The van der Waals surface area contributed by atoms with Crippen LogP contribution in [-0.2, 0) is 22.4 Å². The maximum Gasteiger partial charge on any atom is 0.273 e. The summed E-state index contributed by atoms with van der Waals surface area (Å²) in [6.45, 7) is 7.27. The lowest BCUT2D eigenvalue weighted by atomic mass is 10.1. The molecule has 2 rings (SSSR count). The van der Waals surface area contributed by atoms with Gasteiger partial charge in [-0.1, -0.05) is 5.21 Å². The van der Waals surface area contributed by atoms with Crippen LogP contribution in [-0.4, -0.2) is 46.4 Å². The second-order valence-corrected chi connectivity index (χ2v) is 6.16. The summed E-state index contributed by atoms with van der Waals surface area (Å²) < 4.78 is 12.5. The summed E-state index contributed by atoms with van der Waals surface area (Å²) in [7, 11) is 0. The van der Waals surface area contributed by atoms with Crippen molar-refractivity contribution in [2.75, 3.05) is 13.2 Å². The van der Waals surface area contributed by atoms with Gasteiger partial charge in [-0.3, -0.25) is 4.79 Å². The minimum Gasteiger partial charge on any atom is -0.351 e. The molecule has 1 N–H and O–H groups in total. The average molecular weight is 352 g/mol. The third-order valence-corrected chi connectivity index (χ3v) is 4.04. The highest BCUT2D eigenvalue weighted by Crippen LogP contribution is 2.09. The molecule has 24 heavy (non-hydrogen) atoms. The van der Waals surface area contributed by atoms with Crippen LogP contribution in [0, 0.1) is 0 Å². The van der Waals surface area contributed by atoms with Gasteiger partial charge in [-0.15, -0.1) is 5.10 Å². The Morgan fingerprint density at radius 3 is 2.75 bits per heavy atom. The summed E-state index contributed by atoms with van der Waals surface area (Å²) in [5.74, 6) is -0.228. The first-order valence-corrected chi connectivity index (χ1v) is 9.01. The molecule has 1 unspecified atom stereocenters. The predicted molar refractivity (Wildman–Crippen MR) is 92.0 cm³/mol. The Balaban J connectivity index is 1.87. The number of nitrogens with one attached hydrogen (secondary N) is 1. The number of aromatic nitrogens is 3. The van der Waals surface area contributed by atoms with Crippen LogP contribution in [0.25, 0.3) is 0 Å². The van der Waals surface area contributed by atoms with Gasteiger partial charge in [0, 0.05) is 19.3 Å². The van der Waals surface area contributed by atoms with Crippen molar-refractivity contribution in [3.63, 3.8) is 0 Å². The van der Waals surface area contributed by atoms with E-state index in [1.807, 2.05) is 26.2 Å². The summed E-state index contributed by atoms with van der Waals surface area (Å²) in [6.07, 6.45) is 2.01. The molecule has 0 aliphatic heterocycles. The van der Waals surface area contributed by atoms with Gasteiger partial charge in [0.05, 0.1) is 12.7 Å². The molecule has 1 atom stereocenters.